The quantitative estimate of drug-likeness (QED) is 0.763. The highest BCUT2D eigenvalue weighted by atomic mass is 16.3. The highest BCUT2D eigenvalue weighted by molar-refractivity contribution is 5.78. The molecule has 0 radical (unpaired) electrons. The van der Waals surface area contributed by atoms with Gasteiger partial charge in [-0.2, -0.15) is 0 Å². The number of rotatable bonds is 5. The minimum absolute atomic E-state index is 0.249. The van der Waals surface area contributed by atoms with Gasteiger partial charge < -0.3 is 10.0 Å². The van der Waals surface area contributed by atoms with Gasteiger partial charge in [0.05, 0.1) is 12.1 Å². The van der Waals surface area contributed by atoms with Crippen LogP contribution in [-0.2, 0) is 4.79 Å². The lowest BCUT2D eigenvalue weighted by atomic mass is 10.1. The average molecular weight is 269 g/mol. The summed E-state index contributed by atoms with van der Waals surface area (Å²) in [7, 11) is 1.92. The first-order valence-corrected chi connectivity index (χ1v) is 7.28. The van der Waals surface area contributed by atoms with Crippen molar-refractivity contribution in [2.75, 3.05) is 46.3 Å². The molecule has 1 saturated heterocycles. The zero-order valence-electron chi connectivity index (χ0n) is 12.4. The molecule has 5 nitrogen and oxygen atoms in total. The molecule has 2 fully saturated rings. The van der Waals surface area contributed by atoms with E-state index < -0.39 is 5.60 Å². The van der Waals surface area contributed by atoms with Crippen LogP contribution in [0.3, 0.4) is 0 Å². The van der Waals surface area contributed by atoms with Crippen molar-refractivity contribution >= 4 is 5.91 Å². The second-order valence-corrected chi connectivity index (χ2v) is 6.60. The molecule has 110 valence electrons. The summed E-state index contributed by atoms with van der Waals surface area (Å²) >= 11 is 0. The van der Waals surface area contributed by atoms with Crippen LogP contribution < -0.4 is 0 Å². The third kappa shape index (κ3) is 4.75. The Bertz CT molecular complexity index is 315. The maximum Gasteiger partial charge on any atom is 0.236 e. The molecule has 1 N–H and O–H groups in total. The largest absolute Gasteiger partial charge is 0.389 e. The van der Waals surface area contributed by atoms with Crippen molar-refractivity contribution in [3.63, 3.8) is 0 Å². The molecule has 0 bridgehead atoms. The van der Waals surface area contributed by atoms with E-state index in [1.165, 1.54) is 12.8 Å². The first-order valence-electron chi connectivity index (χ1n) is 7.28. The van der Waals surface area contributed by atoms with Crippen LogP contribution in [0, 0.1) is 0 Å². The van der Waals surface area contributed by atoms with Crippen LogP contribution in [0.5, 0.6) is 0 Å². The lowest BCUT2D eigenvalue weighted by Gasteiger charge is -2.37. The monoisotopic (exact) mass is 269 g/mol. The van der Waals surface area contributed by atoms with Gasteiger partial charge in [0.15, 0.2) is 0 Å². The fourth-order valence-electron chi connectivity index (χ4n) is 2.62. The smallest absolute Gasteiger partial charge is 0.236 e. The summed E-state index contributed by atoms with van der Waals surface area (Å²) in [6.45, 7) is 8.64. The van der Waals surface area contributed by atoms with E-state index >= 15 is 0 Å². The first-order chi connectivity index (χ1) is 8.85. The van der Waals surface area contributed by atoms with Crippen molar-refractivity contribution in [1.82, 2.24) is 14.7 Å². The molecule has 0 aromatic heterocycles. The maximum atomic E-state index is 12.0. The molecule has 0 atom stereocenters. The van der Waals surface area contributed by atoms with Gasteiger partial charge in [0.1, 0.15) is 0 Å². The van der Waals surface area contributed by atoms with E-state index in [2.05, 4.69) is 9.80 Å². The van der Waals surface area contributed by atoms with E-state index in [0.29, 0.717) is 19.1 Å². The lowest BCUT2D eigenvalue weighted by Crippen LogP contribution is -2.52. The van der Waals surface area contributed by atoms with Gasteiger partial charge in [-0.1, -0.05) is 0 Å². The predicted molar refractivity (Wildman–Crippen MR) is 75.0 cm³/mol. The predicted octanol–water partition coefficient (Wildman–Crippen LogP) is -0.00430. The van der Waals surface area contributed by atoms with E-state index in [9.17, 15) is 9.90 Å². The average Bonchev–Trinajstić information content (AvgIpc) is 3.12. The van der Waals surface area contributed by atoms with Gasteiger partial charge in [0.2, 0.25) is 5.91 Å². The number of piperazine rings is 1. The zero-order valence-corrected chi connectivity index (χ0v) is 12.4. The highest BCUT2D eigenvalue weighted by Gasteiger charge is 2.31. The standard InChI is InChI=1S/C14H27N3O2/c1-14(2,19)11-17-8-6-16(7-9-17)10-13(18)15(3)12-4-5-12/h12,19H,4-11H2,1-3H3. The lowest BCUT2D eigenvalue weighted by molar-refractivity contribution is -0.132. The number of amides is 1. The van der Waals surface area contributed by atoms with Gasteiger partial charge in [0, 0.05) is 45.8 Å². The first kappa shape index (κ1) is 14.8. The van der Waals surface area contributed by atoms with Gasteiger partial charge >= 0.3 is 0 Å². The number of aliphatic hydroxyl groups is 1. The van der Waals surface area contributed by atoms with Crippen LogP contribution in [0.25, 0.3) is 0 Å². The molecule has 1 aliphatic heterocycles. The van der Waals surface area contributed by atoms with Gasteiger partial charge in [0.25, 0.3) is 0 Å². The SMILES string of the molecule is CN(C(=O)CN1CCN(CC(C)(C)O)CC1)C1CC1. The second kappa shape index (κ2) is 5.77. The van der Waals surface area contributed by atoms with E-state index in [4.69, 9.17) is 0 Å². The normalized spacial score (nSPS) is 22.5. The number of carbonyl (C=O) groups is 1. The molecule has 0 unspecified atom stereocenters. The highest BCUT2D eigenvalue weighted by Crippen LogP contribution is 2.25. The second-order valence-electron chi connectivity index (χ2n) is 6.60. The Morgan fingerprint density at radius 3 is 2.21 bits per heavy atom. The summed E-state index contributed by atoms with van der Waals surface area (Å²) in [5.41, 5.74) is -0.635. The van der Waals surface area contributed by atoms with Crippen LogP contribution in [-0.4, -0.2) is 83.7 Å². The summed E-state index contributed by atoms with van der Waals surface area (Å²) in [6.07, 6.45) is 2.34. The van der Waals surface area contributed by atoms with Crippen molar-refractivity contribution in [3.8, 4) is 0 Å². The topological polar surface area (TPSA) is 47.0 Å². The van der Waals surface area contributed by atoms with Crippen molar-refractivity contribution in [2.24, 2.45) is 0 Å². The molecule has 1 aliphatic carbocycles. The Morgan fingerprint density at radius 1 is 1.21 bits per heavy atom. The summed E-state index contributed by atoms with van der Waals surface area (Å²) < 4.78 is 0. The molecule has 5 heteroatoms. The van der Waals surface area contributed by atoms with Crippen LogP contribution in [0.1, 0.15) is 26.7 Å². The van der Waals surface area contributed by atoms with Crippen molar-refractivity contribution in [3.05, 3.63) is 0 Å². The van der Waals surface area contributed by atoms with Crippen molar-refractivity contribution in [2.45, 2.75) is 38.3 Å². The van der Waals surface area contributed by atoms with Crippen molar-refractivity contribution in [1.29, 1.82) is 0 Å². The Hall–Kier alpha value is -0.650. The molecular formula is C14H27N3O2. The summed E-state index contributed by atoms with van der Waals surface area (Å²) in [4.78, 5) is 18.4. The fourth-order valence-corrected chi connectivity index (χ4v) is 2.62. The van der Waals surface area contributed by atoms with Gasteiger partial charge in [-0.25, -0.2) is 0 Å². The molecule has 0 aromatic rings. The summed E-state index contributed by atoms with van der Waals surface area (Å²) in [6, 6.07) is 0.504. The molecular weight excluding hydrogens is 242 g/mol. The summed E-state index contributed by atoms with van der Waals surface area (Å²) in [5.74, 6) is 0.249. The van der Waals surface area contributed by atoms with Gasteiger partial charge in [-0.15, -0.1) is 0 Å². The van der Waals surface area contributed by atoms with Crippen LogP contribution in [0.2, 0.25) is 0 Å². The number of nitrogens with zero attached hydrogens (tertiary/aromatic N) is 3. The molecule has 0 aromatic carbocycles. The molecule has 2 rings (SSSR count). The Morgan fingerprint density at radius 2 is 1.74 bits per heavy atom. The molecule has 0 spiro atoms. The van der Waals surface area contributed by atoms with E-state index in [0.717, 1.165) is 26.2 Å². The van der Waals surface area contributed by atoms with Crippen LogP contribution >= 0.6 is 0 Å². The fraction of sp³-hybridized carbons (Fsp3) is 0.929. The zero-order chi connectivity index (χ0) is 14.0. The molecule has 1 saturated carbocycles. The Labute approximate surface area is 116 Å². The number of hydrogen-bond donors (Lipinski definition) is 1. The number of β-amino-alcohol motifs (C(OH)–C–C–N with tert-alkyl or cyclic N) is 1. The minimum Gasteiger partial charge on any atom is -0.389 e. The van der Waals surface area contributed by atoms with E-state index in [-0.39, 0.29) is 5.91 Å². The van der Waals surface area contributed by atoms with Gasteiger partial charge in [-0.3, -0.25) is 14.6 Å². The Kier molecular flexibility index (Phi) is 4.48. The number of likely N-dealkylation sites (N-methyl/N-ethyl adjacent to an activating group) is 1. The summed E-state index contributed by atoms with van der Waals surface area (Å²) in [5, 5.41) is 9.81. The number of hydrogen-bond acceptors (Lipinski definition) is 4. The van der Waals surface area contributed by atoms with Gasteiger partial charge in [-0.05, 0) is 26.7 Å². The van der Waals surface area contributed by atoms with Crippen LogP contribution in [0.4, 0.5) is 0 Å². The van der Waals surface area contributed by atoms with E-state index in [1.54, 1.807) is 0 Å². The van der Waals surface area contributed by atoms with Crippen LogP contribution in [0.15, 0.2) is 0 Å². The van der Waals surface area contributed by atoms with E-state index in [1.807, 2.05) is 25.8 Å². The third-order valence-electron chi connectivity index (χ3n) is 3.92. The maximum absolute atomic E-state index is 12.0. The molecule has 2 aliphatic rings. The third-order valence-corrected chi connectivity index (χ3v) is 3.92. The number of carbonyl (C=O) groups excluding carboxylic acids is 1. The minimum atomic E-state index is -0.635. The molecule has 1 heterocycles. The molecule has 1 amide bonds. The van der Waals surface area contributed by atoms with Crippen molar-refractivity contribution < 1.29 is 9.90 Å². The Balaban J connectivity index is 1.69. The molecule has 19 heavy (non-hydrogen) atoms.